The number of nitrogens with zero attached hydrogens (tertiary/aromatic N) is 1. The lowest BCUT2D eigenvalue weighted by Crippen LogP contribution is -2.10. The van der Waals surface area contributed by atoms with Crippen LogP contribution in [-0.4, -0.2) is 10.9 Å². The van der Waals surface area contributed by atoms with Crippen LogP contribution in [0.4, 0.5) is 5.13 Å². The Morgan fingerprint density at radius 3 is 2.64 bits per heavy atom. The number of fused-ring (bicyclic) bond motifs is 1. The van der Waals surface area contributed by atoms with E-state index in [1.807, 2.05) is 6.07 Å². The lowest BCUT2D eigenvalue weighted by Gasteiger charge is -2.03. The fourth-order valence-corrected chi connectivity index (χ4v) is 4.38. The summed E-state index contributed by atoms with van der Waals surface area (Å²) in [6.07, 6.45) is 0. The third kappa shape index (κ3) is 3.13. The average Bonchev–Trinajstić information content (AvgIpc) is 2.99. The predicted molar refractivity (Wildman–Crippen MR) is 96.0 cm³/mol. The highest BCUT2D eigenvalue weighted by atomic mass is 35.5. The molecular formula is C15H12Cl2N2OS2. The zero-order chi connectivity index (χ0) is 15.9. The maximum Gasteiger partial charge on any atom is 0.259 e. The highest BCUT2D eigenvalue weighted by Crippen LogP contribution is 2.33. The zero-order valence-electron chi connectivity index (χ0n) is 11.8. The number of thiazole rings is 1. The summed E-state index contributed by atoms with van der Waals surface area (Å²) in [4.78, 5) is 16.6. The zero-order valence-corrected chi connectivity index (χ0v) is 15.0. The smallest absolute Gasteiger partial charge is 0.259 e. The normalized spacial score (nSPS) is 11.3. The van der Waals surface area contributed by atoms with Crippen molar-refractivity contribution in [1.82, 2.24) is 4.98 Å². The average molecular weight is 371 g/mol. The van der Waals surface area contributed by atoms with Crippen LogP contribution in [0.15, 0.2) is 24.3 Å². The summed E-state index contributed by atoms with van der Waals surface area (Å²) in [6, 6.07) is 7.72. The topological polar surface area (TPSA) is 42.0 Å². The second kappa shape index (κ2) is 6.16. The number of aromatic nitrogens is 1. The van der Waals surface area contributed by atoms with Crippen molar-refractivity contribution in [3.05, 3.63) is 44.1 Å². The van der Waals surface area contributed by atoms with E-state index in [1.165, 1.54) is 28.2 Å². The van der Waals surface area contributed by atoms with Gasteiger partial charge in [0.05, 0.1) is 20.1 Å². The van der Waals surface area contributed by atoms with Gasteiger partial charge in [-0.1, -0.05) is 54.5 Å². The second-order valence-electron chi connectivity index (χ2n) is 5.09. The quantitative estimate of drug-likeness (QED) is 0.610. The molecule has 0 aliphatic heterocycles. The van der Waals surface area contributed by atoms with Gasteiger partial charge >= 0.3 is 0 Å². The molecule has 1 aromatic carbocycles. The minimum Gasteiger partial charge on any atom is -0.298 e. The molecule has 3 aromatic rings. The SMILES string of the molecule is CC(C)c1ccc2nc(NC(=O)c3cc(Cl)sc3Cl)sc2c1. The van der Waals surface area contributed by atoms with Gasteiger partial charge in [0.15, 0.2) is 5.13 Å². The monoisotopic (exact) mass is 370 g/mol. The highest BCUT2D eigenvalue weighted by Gasteiger charge is 2.16. The van der Waals surface area contributed by atoms with Crippen LogP contribution in [-0.2, 0) is 0 Å². The summed E-state index contributed by atoms with van der Waals surface area (Å²) in [5, 5.41) is 3.34. The molecule has 0 fully saturated rings. The molecule has 0 atom stereocenters. The molecule has 0 bridgehead atoms. The van der Waals surface area contributed by atoms with Gasteiger partial charge in [-0.15, -0.1) is 11.3 Å². The first-order valence-corrected chi connectivity index (χ1v) is 8.99. The molecule has 0 aliphatic carbocycles. The lowest BCUT2D eigenvalue weighted by molar-refractivity contribution is 0.102. The number of hydrogen-bond donors (Lipinski definition) is 1. The summed E-state index contributed by atoms with van der Waals surface area (Å²) in [5.74, 6) is 0.160. The molecule has 0 spiro atoms. The van der Waals surface area contributed by atoms with Crippen molar-refractivity contribution < 1.29 is 4.79 Å². The first kappa shape index (κ1) is 15.7. The van der Waals surface area contributed by atoms with Gasteiger partial charge in [0.1, 0.15) is 4.34 Å². The number of nitrogens with one attached hydrogen (secondary N) is 1. The molecule has 3 rings (SSSR count). The molecule has 0 unspecified atom stereocenters. The lowest BCUT2D eigenvalue weighted by atomic mass is 10.0. The van der Waals surface area contributed by atoms with E-state index in [9.17, 15) is 4.79 Å². The third-order valence-electron chi connectivity index (χ3n) is 3.20. The summed E-state index contributed by atoms with van der Waals surface area (Å²) in [6.45, 7) is 4.29. The largest absolute Gasteiger partial charge is 0.298 e. The van der Waals surface area contributed by atoms with E-state index in [0.29, 0.717) is 25.3 Å². The standard InChI is InChI=1S/C15H12Cl2N2OS2/c1-7(2)8-3-4-10-11(5-8)21-15(18-10)19-14(20)9-6-12(16)22-13(9)17/h3-7H,1-2H3,(H,18,19,20). The van der Waals surface area contributed by atoms with Crippen LogP contribution in [0.1, 0.15) is 35.7 Å². The van der Waals surface area contributed by atoms with E-state index in [4.69, 9.17) is 23.2 Å². The van der Waals surface area contributed by atoms with Crippen molar-refractivity contribution in [2.24, 2.45) is 0 Å². The molecule has 22 heavy (non-hydrogen) atoms. The van der Waals surface area contributed by atoms with E-state index in [1.54, 1.807) is 6.07 Å². The Morgan fingerprint density at radius 2 is 2.00 bits per heavy atom. The van der Waals surface area contributed by atoms with Gasteiger partial charge in [-0.05, 0) is 29.7 Å². The number of benzene rings is 1. The first-order valence-electron chi connectivity index (χ1n) is 6.60. The number of hydrogen-bond acceptors (Lipinski definition) is 4. The van der Waals surface area contributed by atoms with E-state index in [0.717, 1.165) is 10.2 Å². The first-order chi connectivity index (χ1) is 10.4. The van der Waals surface area contributed by atoms with Crippen LogP contribution >= 0.6 is 45.9 Å². The Kier molecular flexibility index (Phi) is 4.41. The van der Waals surface area contributed by atoms with Crippen LogP contribution in [0, 0.1) is 0 Å². The highest BCUT2D eigenvalue weighted by molar-refractivity contribution is 7.22. The van der Waals surface area contributed by atoms with E-state index in [2.05, 4.69) is 36.3 Å². The maximum atomic E-state index is 12.2. The van der Waals surface area contributed by atoms with Crippen molar-refractivity contribution >= 4 is 67.1 Å². The number of amides is 1. The van der Waals surface area contributed by atoms with Crippen LogP contribution in [0.2, 0.25) is 8.67 Å². The Morgan fingerprint density at radius 1 is 1.23 bits per heavy atom. The molecule has 1 amide bonds. The third-order valence-corrected chi connectivity index (χ3v) is 5.62. The number of carbonyl (C=O) groups is 1. The summed E-state index contributed by atoms with van der Waals surface area (Å²) < 4.78 is 1.92. The molecule has 0 saturated carbocycles. The Hall–Kier alpha value is -1.14. The van der Waals surface area contributed by atoms with Crippen molar-refractivity contribution in [1.29, 1.82) is 0 Å². The summed E-state index contributed by atoms with van der Waals surface area (Å²) in [7, 11) is 0. The maximum absolute atomic E-state index is 12.2. The van der Waals surface area contributed by atoms with Crippen LogP contribution in [0.25, 0.3) is 10.2 Å². The fourth-order valence-electron chi connectivity index (χ4n) is 2.01. The van der Waals surface area contributed by atoms with E-state index in [-0.39, 0.29) is 5.91 Å². The molecule has 114 valence electrons. The molecule has 2 heterocycles. The number of thiophene rings is 1. The van der Waals surface area contributed by atoms with Gasteiger partial charge in [0, 0.05) is 0 Å². The van der Waals surface area contributed by atoms with Gasteiger partial charge < -0.3 is 0 Å². The summed E-state index contributed by atoms with van der Waals surface area (Å²) >= 11 is 14.5. The van der Waals surface area contributed by atoms with E-state index >= 15 is 0 Å². The predicted octanol–water partition coefficient (Wildman–Crippen LogP) is 6.04. The molecular weight excluding hydrogens is 359 g/mol. The number of anilines is 1. The molecule has 0 radical (unpaired) electrons. The Bertz CT molecular complexity index is 854. The fraction of sp³-hybridized carbons (Fsp3) is 0.200. The molecule has 3 nitrogen and oxygen atoms in total. The van der Waals surface area contributed by atoms with Crippen LogP contribution < -0.4 is 5.32 Å². The van der Waals surface area contributed by atoms with Gasteiger partial charge in [0.2, 0.25) is 0 Å². The van der Waals surface area contributed by atoms with Crippen LogP contribution in [0.3, 0.4) is 0 Å². The Balaban J connectivity index is 1.87. The molecule has 7 heteroatoms. The van der Waals surface area contributed by atoms with Crippen molar-refractivity contribution in [3.63, 3.8) is 0 Å². The molecule has 0 aliphatic rings. The molecule has 0 saturated heterocycles. The summed E-state index contributed by atoms with van der Waals surface area (Å²) in [5.41, 5.74) is 2.50. The van der Waals surface area contributed by atoms with Gasteiger partial charge in [-0.25, -0.2) is 4.98 Å². The van der Waals surface area contributed by atoms with Crippen molar-refractivity contribution in [2.45, 2.75) is 19.8 Å². The molecule has 1 N–H and O–H groups in total. The number of rotatable bonds is 3. The van der Waals surface area contributed by atoms with Gasteiger partial charge in [-0.3, -0.25) is 10.1 Å². The van der Waals surface area contributed by atoms with Crippen molar-refractivity contribution in [3.8, 4) is 0 Å². The van der Waals surface area contributed by atoms with Crippen LogP contribution in [0.5, 0.6) is 0 Å². The minimum absolute atomic E-state index is 0.295. The van der Waals surface area contributed by atoms with Gasteiger partial charge in [-0.2, -0.15) is 0 Å². The minimum atomic E-state index is -0.295. The number of halogens is 2. The number of carbonyl (C=O) groups excluding carboxylic acids is 1. The van der Waals surface area contributed by atoms with Gasteiger partial charge in [0.25, 0.3) is 5.91 Å². The van der Waals surface area contributed by atoms with Crippen molar-refractivity contribution in [2.75, 3.05) is 5.32 Å². The second-order valence-corrected chi connectivity index (χ2v) is 8.41. The Labute approximate surface area is 145 Å². The van der Waals surface area contributed by atoms with E-state index < -0.39 is 0 Å². The molecule has 2 aromatic heterocycles.